The van der Waals surface area contributed by atoms with Crippen LogP contribution in [0.3, 0.4) is 0 Å². The molecule has 1 aromatic carbocycles. The van der Waals surface area contributed by atoms with E-state index in [2.05, 4.69) is 9.97 Å². The Bertz CT molecular complexity index is 1520. The number of nitrogens with zero attached hydrogens (tertiary/aromatic N) is 2. The van der Waals surface area contributed by atoms with Crippen molar-refractivity contribution >= 4 is 22.5 Å². The smallest absolute Gasteiger partial charge is 0.418 e. The zero-order valence-electron chi connectivity index (χ0n) is 21.3. The molecule has 2 aromatic heterocycles. The molecule has 5 heterocycles. The highest BCUT2D eigenvalue weighted by Crippen LogP contribution is 2.41. The largest absolute Gasteiger partial charge is 0.470 e. The molecule has 0 bridgehead atoms. The van der Waals surface area contributed by atoms with Crippen molar-refractivity contribution in [1.82, 2.24) is 14.9 Å². The predicted octanol–water partition coefficient (Wildman–Crippen LogP) is 3.04. The summed E-state index contributed by atoms with van der Waals surface area (Å²) in [6.07, 6.45) is -5.77. The number of hydrogen-bond acceptors (Lipinski definition) is 7. The van der Waals surface area contributed by atoms with Crippen LogP contribution in [0.1, 0.15) is 17.5 Å². The SMILES string of the molecule is O=C(CO)N1CC=C(c2cc(F)c(-c3nc4cc(O[C@@H]5CO[C@H]6[C@@H]5OC[C@H]6O)[nH]c4cc3C(F)(F)F)c(F)c2)CC1. The number of fused-ring (bicyclic) bond motifs is 2. The Kier molecular flexibility index (Phi) is 6.96. The van der Waals surface area contributed by atoms with Crippen LogP contribution in [0, 0.1) is 11.6 Å². The number of carbonyl (C=O) groups is 1. The van der Waals surface area contributed by atoms with Crippen molar-refractivity contribution in [3.05, 3.63) is 53.1 Å². The molecule has 0 radical (unpaired) electrons. The van der Waals surface area contributed by atoms with Crippen molar-refractivity contribution < 1.29 is 51.2 Å². The number of ether oxygens (including phenoxy) is 3. The van der Waals surface area contributed by atoms with Gasteiger partial charge in [-0.1, -0.05) is 6.08 Å². The minimum atomic E-state index is -4.99. The van der Waals surface area contributed by atoms with Crippen LogP contribution >= 0.6 is 0 Å². The van der Waals surface area contributed by atoms with E-state index >= 15 is 8.78 Å². The van der Waals surface area contributed by atoms with Gasteiger partial charge in [0.05, 0.1) is 41.1 Å². The number of benzene rings is 1. The van der Waals surface area contributed by atoms with Crippen LogP contribution in [0.4, 0.5) is 22.0 Å². The summed E-state index contributed by atoms with van der Waals surface area (Å²) in [5.41, 5.74) is -2.63. The molecule has 0 aliphatic carbocycles. The Morgan fingerprint density at radius 1 is 1.12 bits per heavy atom. The van der Waals surface area contributed by atoms with Crippen LogP contribution in [-0.2, 0) is 20.4 Å². The van der Waals surface area contributed by atoms with Crippen molar-refractivity contribution in [1.29, 1.82) is 0 Å². The second kappa shape index (κ2) is 10.4. The quantitative estimate of drug-likeness (QED) is 0.397. The van der Waals surface area contributed by atoms with E-state index in [1.807, 2.05) is 0 Å². The average Bonchev–Trinajstić information content (AvgIpc) is 3.63. The molecule has 218 valence electrons. The number of aromatic amines is 1. The first kappa shape index (κ1) is 27.6. The summed E-state index contributed by atoms with van der Waals surface area (Å²) in [6, 6.07) is 3.92. The number of nitrogens with one attached hydrogen (secondary N) is 1. The number of amides is 1. The number of H-pyrrole nitrogens is 1. The highest BCUT2D eigenvalue weighted by Gasteiger charge is 2.48. The van der Waals surface area contributed by atoms with Gasteiger partial charge in [0.15, 0.2) is 12.0 Å². The third-order valence-electron chi connectivity index (χ3n) is 7.49. The molecule has 4 atom stereocenters. The zero-order valence-corrected chi connectivity index (χ0v) is 21.3. The number of aromatic nitrogens is 2. The summed E-state index contributed by atoms with van der Waals surface area (Å²) in [7, 11) is 0. The number of pyridine rings is 1. The molecule has 0 unspecified atom stereocenters. The zero-order chi connectivity index (χ0) is 29.1. The maximum absolute atomic E-state index is 15.4. The molecule has 2 fully saturated rings. The number of carbonyl (C=O) groups excluding carboxylic acids is 1. The van der Waals surface area contributed by atoms with E-state index in [4.69, 9.17) is 19.3 Å². The number of rotatable bonds is 5. The van der Waals surface area contributed by atoms with Crippen molar-refractivity contribution in [2.24, 2.45) is 0 Å². The maximum atomic E-state index is 15.4. The van der Waals surface area contributed by atoms with Crippen molar-refractivity contribution in [3.63, 3.8) is 0 Å². The van der Waals surface area contributed by atoms with Gasteiger partial charge < -0.3 is 34.3 Å². The summed E-state index contributed by atoms with van der Waals surface area (Å²) in [5.74, 6) is -2.90. The van der Waals surface area contributed by atoms with E-state index in [0.29, 0.717) is 5.57 Å². The Labute approximate surface area is 229 Å². The van der Waals surface area contributed by atoms with Gasteiger partial charge in [-0.25, -0.2) is 13.8 Å². The first-order valence-electron chi connectivity index (χ1n) is 12.8. The van der Waals surface area contributed by atoms with Crippen molar-refractivity contribution in [2.45, 2.75) is 37.0 Å². The van der Waals surface area contributed by atoms with Gasteiger partial charge in [0.1, 0.15) is 36.6 Å². The minimum absolute atomic E-state index is 0.0163. The lowest BCUT2D eigenvalue weighted by Gasteiger charge is -2.26. The van der Waals surface area contributed by atoms with E-state index in [-0.39, 0.29) is 55.2 Å². The molecule has 14 heteroatoms. The van der Waals surface area contributed by atoms with E-state index in [1.54, 1.807) is 6.08 Å². The molecule has 6 rings (SSSR count). The maximum Gasteiger partial charge on any atom is 0.418 e. The number of aliphatic hydroxyl groups is 2. The number of alkyl halides is 3. The van der Waals surface area contributed by atoms with Crippen LogP contribution < -0.4 is 4.74 Å². The summed E-state index contributed by atoms with van der Waals surface area (Å²) in [6.45, 7) is -0.176. The molecule has 3 aromatic rings. The summed E-state index contributed by atoms with van der Waals surface area (Å²) in [4.78, 5) is 19.7. The van der Waals surface area contributed by atoms with E-state index < -0.39 is 71.6 Å². The van der Waals surface area contributed by atoms with Gasteiger partial charge in [0, 0.05) is 19.2 Å². The van der Waals surface area contributed by atoms with Crippen molar-refractivity contribution in [2.75, 3.05) is 32.9 Å². The second-order valence-corrected chi connectivity index (χ2v) is 10.1. The van der Waals surface area contributed by atoms with Crippen LogP contribution in [0.15, 0.2) is 30.3 Å². The minimum Gasteiger partial charge on any atom is -0.470 e. The van der Waals surface area contributed by atoms with Gasteiger partial charge in [-0.15, -0.1) is 0 Å². The fraction of sp³-hybridized carbons (Fsp3) is 0.407. The van der Waals surface area contributed by atoms with Crippen LogP contribution in [0.2, 0.25) is 0 Å². The molecular weight excluding hydrogens is 557 g/mol. The number of halogens is 5. The molecule has 1 amide bonds. The third kappa shape index (κ3) is 5.05. The Morgan fingerprint density at radius 3 is 2.51 bits per heavy atom. The monoisotopic (exact) mass is 581 g/mol. The first-order chi connectivity index (χ1) is 19.5. The second-order valence-electron chi connectivity index (χ2n) is 10.1. The Hall–Kier alpha value is -3.59. The molecule has 41 heavy (non-hydrogen) atoms. The topological polar surface area (TPSA) is 117 Å². The average molecular weight is 581 g/mol. The van der Waals surface area contributed by atoms with Gasteiger partial charge in [0.25, 0.3) is 0 Å². The highest BCUT2D eigenvalue weighted by atomic mass is 19.4. The fourth-order valence-electron chi connectivity index (χ4n) is 5.45. The molecule has 3 aliphatic heterocycles. The van der Waals surface area contributed by atoms with E-state index in [9.17, 15) is 23.1 Å². The lowest BCUT2D eigenvalue weighted by atomic mass is 9.95. The van der Waals surface area contributed by atoms with Crippen LogP contribution in [0.25, 0.3) is 27.9 Å². The highest BCUT2D eigenvalue weighted by molar-refractivity contribution is 5.84. The van der Waals surface area contributed by atoms with Crippen LogP contribution in [0.5, 0.6) is 5.88 Å². The Balaban J connectivity index is 1.33. The standard InChI is InChI=1S/C27H24F5N3O6/c28-15-5-13(12-1-3-35(4-2-12)22(38)9-36)6-16(29)23(15)24-14(27(30,31)32)7-17-18(34-24)8-21(33-17)41-20-11-40-25-19(37)10-39-26(20)25/h1,5-8,19-20,25-26,33,36-37H,2-4,9-11H2/t19-,20-,25-,26-/m1/s1. The van der Waals surface area contributed by atoms with Gasteiger partial charge in [-0.05, 0) is 35.8 Å². The van der Waals surface area contributed by atoms with Gasteiger partial charge in [-0.3, -0.25) is 4.79 Å². The van der Waals surface area contributed by atoms with E-state index in [0.717, 1.165) is 18.2 Å². The summed E-state index contributed by atoms with van der Waals surface area (Å²) in [5, 5.41) is 18.9. The third-order valence-corrected chi connectivity index (χ3v) is 7.49. The van der Waals surface area contributed by atoms with Crippen LogP contribution in [-0.4, -0.2) is 88.3 Å². The van der Waals surface area contributed by atoms with Crippen molar-refractivity contribution in [3.8, 4) is 17.1 Å². The predicted molar refractivity (Wildman–Crippen MR) is 133 cm³/mol. The molecule has 0 saturated carbocycles. The van der Waals surface area contributed by atoms with Gasteiger partial charge in [0.2, 0.25) is 5.91 Å². The number of hydrogen-bond donors (Lipinski definition) is 3. The normalized spacial score (nSPS) is 24.6. The lowest BCUT2D eigenvalue weighted by Crippen LogP contribution is -2.36. The first-order valence-corrected chi connectivity index (χ1v) is 12.8. The Morgan fingerprint density at radius 2 is 1.85 bits per heavy atom. The summed E-state index contributed by atoms with van der Waals surface area (Å²) < 4.78 is 89.8. The molecule has 3 N–H and O–H groups in total. The number of aliphatic hydroxyl groups excluding tert-OH is 2. The molecular formula is C27H24F5N3O6. The molecule has 0 spiro atoms. The molecule has 2 saturated heterocycles. The molecule has 9 nitrogen and oxygen atoms in total. The van der Waals surface area contributed by atoms with E-state index in [1.165, 1.54) is 11.0 Å². The lowest BCUT2D eigenvalue weighted by molar-refractivity contribution is -0.137. The van der Waals surface area contributed by atoms with Gasteiger partial charge in [-0.2, -0.15) is 13.2 Å². The van der Waals surface area contributed by atoms with Gasteiger partial charge >= 0.3 is 6.18 Å². The summed E-state index contributed by atoms with van der Waals surface area (Å²) >= 11 is 0. The fourth-order valence-corrected chi connectivity index (χ4v) is 5.45. The molecule has 3 aliphatic rings.